The molecule has 0 fully saturated rings. The summed E-state index contributed by atoms with van der Waals surface area (Å²) < 4.78 is 0. The lowest BCUT2D eigenvalue weighted by atomic mass is 9.63. The van der Waals surface area contributed by atoms with Crippen molar-refractivity contribution >= 4 is 18.1 Å². The fourth-order valence-corrected chi connectivity index (χ4v) is 10.4. The molecule has 0 amide bonds. The summed E-state index contributed by atoms with van der Waals surface area (Å²) in [5.41, 5.74) is 22.5. The maximum Gasteiger partial charge on any atom is 0.0719 e. The van der Waals surface area contributed by atoms with E-state index in [0.717, 1.165) is 11.1 Å². The number of hydrogen-bond donors (Lipinski definition) is 1. The Morgan fingerprint density at radius 2 is 0.938 bits per heavy atom. The summed E-state index contributed by atoms with van der Waals surface area (Å²) in [5, 5.41) is 8.05. The lowest BCUT2D eigenvalue weighted by molar-refractivity contribution is 0.742. The van der Waals surface area contributed by atoms with Crippen LogP contribution in [0.4, 0.5) is 0 Å². The molecule has 2 nitrogen and oxygen atoms in total. The minimum absolute atomic E-state index is 0.0833. The number of benzene rings is 9. The molecule has 0 unspecified atom stereocenters. The van der Waals surface area contributed by atoms with Crippen LogP contribution in [0, 0.1) is 19.3 Å². The third-order valence-electron chi connectivity index (χ3n) is 13.1. The smallest absolute Gasteiger partial charge is 0.0719 e. The highest BCUT2D eigenvalue weighted by Crippen LogP contribution is 2.60. The van der Waals surface area contributed by atoms with Gasteiger partial charge in [0, 0.05) is 11.5 Å². The highest BCUT2D eigenvalue weighted by molar-refractivity contribution is 6.10. The Bertz CT molecular complexity index is 3140. The van der Waals surface area contributed by atoms with Gasteiger partial charge in [-0.3, -0.25) is 4.99 Å². The van der Waals surface area contributed by atoms with E-state index in [2.05, 4.69) is 189 Å². The zero-order valence-electron chi connectivity index (χ0n) is 36.2. The van der Waals surface area contributed by atoms with Crippen LogP contribution >= 0.6 is 0 Å². The molecule has 11 rings (SSSR count). The van der Waals surface area contributed by atoms with Crippen molar-refractivity contribution in [1.29, 1.82) is 5.41 Å². The lowest BCUT2D eigenvalue weighted by Gasteiger charge is -2.38. The summed E-state index contributed by atoms with van der Waals surface area (Å²) in [6.07, 6.45) is 1.73. The van der Waals surface area contributed by atoms with Crippen molar-refractivity contribution in [2.24, 2.45) is 4.99 Å². The first kappa shape index (κ1) is 40.2. The van der Waals surface area contributed by atoms with Gasteiger partial charge in [0.25, 0.3) is 0 Å². The van der Waals surface area contributed by atoms with Gasteiger partial charge in [0.2, 0.25) is 0 Å². The molecule has 0 saturated carbocycles. The van der Waals surface area contributed by atoms with Crippen LogP contribution in [0.25, 0.3) is 39.1 Å². The summed E-state index contributed by atoms with van der Waals surface area (Å²) in [5.74, 6) is 0.0833. The van der Waals surface area contributed by atoms with Crippen LogP contribution in [-0.2, 0) is 5.41 Å². The molecule has 0 atom stereocenters. The summed E-state index contributed by atoms with van der Waals surface area (Å²) in [6.45, 7) is 8.05. The zero-order valence-corrected chi connectivity index (χ0v) is 36.2. The fraction of sp³-hybridized carbons (Fsp3) is 0.0645. The Hall–Kier alpha value is -7.94. The van der Waals surface area contributed by atoms with E-state index in [0.29, 0.717) is 11.4 Å². The molecule has 2 aliphatic rings. The summed E-state index contributed by atoms with van der Waals surface area (Å²) >= 11 is 0. The van der Waals surface area contributed by atoms with Gasteiger partial charge in [-0.05, 0) is 110 Å². The van der Waals surface area contributed by atoms with E-state index >= 15 is 0 Å². The summed E-state index contributed by atoms with van der Waals surface area (Å²) in [4.78, 5) is 3.99. The first-order valence-corrected chi connectivity index (χ1v) is 22.0. The summed E-state index contributed by atoms with van der Waals surface area (Å²) in [6, 6.07) is 80.9. The maximum atomic E-state index is 8.05. The lowest BCUT2D eigenvalue weighted by Crippen LogP contribution is -2.31. The molecular formula is C62H48N2. The topological polar surface area (TPSA) is 36.2 Å². The second kappa shape index (κ2) is 17.1. The van der Waals surface area contributed by atoms with Crippen LogP contribution in [0.15, 0.2) is 236 Å². The van der Waals surface area contributed by atoms with Crippen molar-refractivity contribution in [3.63, 3.8) is 0 Å². The number of allylic oxidation sites excluding steroid dienone is 1. The fourth-order valence-electron chi connectivity index (χ4n) is 10.4. The minimum Gasteiger partial charge on any atom is -0.300 e. The highest BCUT2D eigenvalue weighted by atomic mass is 14.7. The molecular weight excluding hydrogens is 773 g/mol. The van der Waals surface area contributed by atoms with E-state index in [4.69, 9.17) is 5.41 Å². The van der Waals surface area contributed by atoms with Gasteiger partial charge in [-0.1, -0.05) is 230 Å². The number of rotatable bonds is 8. The van der Waals surface area contributed by atoms with Crippen LogP contribution in [0.1, 0.15) is 67.1 Å². The van der Waals surface area contributed by atoms with Crippen LogP contribution in [0.2, 0.25) is 0 Å². The van der Waals surface area contributed by atoms with Crippen LogP contribution in [-0.4, -0.2) is 12.4 Å². The third-order valence-corrected chi connectivity index (χ3v) is 13.1. The Labute approximate surface area is 377 Å². The Morgan fingerprint density at radius 1 is 0.469 bits per heavy atom. The first-order valence-electron chi connectivity index (χ1n) is 22.0. The van der Waals surface area contributed by atoms with E-state index in [-0.39, 0.29) is 5.92 Å². The normalized spacial score (nSPS) is 13.1. The second-order valence-electron chi connectivity index (χ2n) is 16.7. The van der Waals surface area contributed by atoms with Gasteiger partial charge in [-0.25, -0.2) is 0 Å². The van der Waals surface area contributed by atoms with E-state index in [1.807, 2.05) is 60.7 Å². The van der Waals surface area contributed by atoms with Crippen molar-refractivity contribution in [3.8, 4) is 33.4 Å². The summed E-state index contributed by atoms with van der Waals surface area (Å²) in [7, 11) is 0. The Kier molecular flexibility index (Phi) is 10.7. The number of nitrogens with one attached hydrogen (secondary N) is 1. The van der Waals surface area contributed by atoms with Crippen molar-refractivity contribution in [2.75, 3.05) is 0 Å². The molecule has 0 saturated heterocycles. The molecule has 0 radical (unpaired) electrons. The number of fused-ring (bicyclic) bond motifs is 6. The Morgan fingerprint density at radius 3 is 1.52 bits per heavy atom. The van der Waals surface area contributed by atoms with Gasteiger partial charge < -0.3 is 5.41 Å². The van der Waals surface area contributed by atoms with Gasteiger partial charge in [0.1, 0.15) is 0 Å². The second-order valence-corrected chi connectivity index (χ2v) is 16.7. The number of nitrogens with zero attached hydrogens (tertiary/aromatic N) is 1. The predicted molar refractivity (Wildman–Crippen MR) is 269 cm³/mol. The molecule has 9 aromatic rings. The molecule has 0 spiro atoms. The van der Waals surface area contributed by atoms with Gasteiger partial charge in [0.15, 0.2) is 0 Å². The van der Waals surface area contributed by atoms with E-state index < -0.39 is 5.41 Å². The van der Waals surface area contributed by atoms with Crippen LogP contribution < -0.4 is 0 Å². The molecule has 9 aromatic carbocycles. The molecule has 2 heteroatoms. The van der Waals surface area contributed by atoms with Crippen molar-refractivity contribution in [2.45, 2.75) is 25.2 Å². The highest BCUT2D eigenvalue weighted by Gasteiger charge is 2.49. The van der Waals surface area contributed by atoms with E-state index in [1.165, 1.54) is 83.5 Å². The molecule has 1 N–H and O–H groups in total. The van der Waals surface area contributed by atoms with E-state index in [1.54, 1.807) is 6.08 Å². The number of aryl methyl sites for hydroxylation is 2. The maximum absolute atomic E-state index is 8.05. The number of hydrogen-bond acceptors (Lipinski definition) is 2. The zero-order chi connectivity index (χ0) is 43.6. The molecule has 0 aromatic heterocycles. The monoisotopic (exact) mass is 820 g/mol. The van der Waals surface area contributed by atoms with Crippen molar-refractivity contribution in [3.05, 3.63) is 292 Å². The Balaban J connectivity index is 0.000000227. The molecule has 306 valence electrons. The SMILES string of the molecule is C=N/C(=C\C(=N)c1ccccc1)c1ccccc1.Cc1cccc(-c2cccc(C3(c4ccccc4C)c4ccccc4-c4ccccc43)c2C2c3ccccc3-c3ccccc32)c1. The minimum atomic E-state index is -0.500. The molecule has 64 heavy (non-hydrogen) atoms. The average molecular weight is 821 g/mol. The van der Waals surface area contributed by atoms with Gasteiger partial charge >= 0.3 is 0 Å². The number of aliphatic imine (C=N–C) groups is 1. The third kappa shape index (κ3) is 6.85. The van der Waals surface area contributed by atoms with Crippen LogP contribution in [0.3, 0.4) is 0 Å². The molecule has 0 heterocycles. The van der Waals surface area contributed by atoms with Crippen molar-refractivity contribution < 1.29 is 0 Å². The van der Waals surface area contributed by atoms with Crippen molar-refractivity contribution in [1.82, 2.24) is 0 Å². The largest absolute Gasteiger partial charge is 0.300 e. The van der Waals surface area contributed by atoms with Gasteiger partial charge in [0.05, 0.1) is 16.8 Å². The van der Waals surface area contributed by atoms with Gasteiger partial charge in [-0.15, -0.1) is 0 Å². The molecule has 0 aliphatic heterocycles. The molecule has 2 aliphatic carbocycles. The van der Waals surface area contributed by atoms with E-state index in [9.17, 15) is 0 Å². The first-order chi connectivity index (χ1) is 31.5. The predicted octanol–water partition coefficient (Wildman–Crippen LogP) is 15.3. The van der Waals surface area contributed by atoms with Crippen LogP contribution in [0.5, 0.6) is 0 Å². The van der Waals surface area contributed by atoms with Gasteiger partial charge in [-0.2, -0.15) is 0 Å². The standard InChI is InChI=1S/C46H34.C16H14N2/c1-30-15-13-17-32(29-30)33-24-14-28-43(45(33)44-38-22-6-4-18-34(38)35-19-5-7-23-39(35)44)46(40-25-10-3-16-31(40)2)41-26-11-8-20-36(41)37-21-9-12-27-42(37)46;1-18-16(14-10-6-3-7-11-14)12-15(17)13-8-4-2-5-9-13/h3-29,44H,1-2H3;2-12,17H,1H2/b;16-12-,17-15?. The quantitative estimate of drug-likeness (QED) is 0.148. The molecule has 0 bridgehead atoms. The average Bonchev–Trinajstić information content (AvgIpc) is 3.84.